The lowest BCUT2D eigenvalue weighted by atomic mass is 10.2. The molecule has 0 atom stereocenters. The van der Waals surface area contributed by atoms with Crippen molar-refractivity contribution in [3.63, 3.8) is 0 Å². The molecule has 0 aliphatic rings. The monoisotopic (exact) mass is 354 g/mol. The molecular formula is C15H15BrO3S. The van der Waals surface area contributed by atoms with E-state index in [0.717, 1.165) is 21.6 Å². The van der Waals surface area contributed by atoms with Crippen LogP contribution in [0.1, 0.15) is 19.6 Å². The van der Waals surface area contributed by atoms with Crippen LogP contribution in [0.5, 0.6) is 0 Å². The van der Waals surface area contributed by atoms with Crippen molar-refractivity contribution in [1.29, 1.82) is 0 Å². The summed E-state index contributed by atoms with van der Waals surface area (Å²) in [5, 5.41) is 9.07. The van der Waals surface area contributed by atoms with E-state index in [-0.39, 0.29) is 0 Å². The predicted octanol–water partition coefficient (Wildman–Crippen LogP) is 4.81. The van der Waals surface area contributed by atoms with Crippen molar-refractivity contribution in [3.05, 3.63) is 46.6 Å². The third kappa shape index (κ3) is 3.67. The number of hydrogen-bond donors (Lipinski definition) is 1. The average Bonchev–Trinajstić information content (AvgIpc) is 2.86. The van der Waals surface area contributed by atoms with E-state index in [1.54, 1.807) is 13.8 Å². The van der Waals surface area contributed by atoms with Gasteiger partial charge < -0.3 is 9.52 Å². The lowest BCUT2D eigenvalue weighted by Crippen LogP contribution is -2.27. The van der Waals surface area contributed by atoms with E-state index in [0.29, 0.717) is 5.75 Å². The molecule has 1 heterocycles. The Bertz CT molecular complexity index is 602. The van der Waals surface area contributed by atoms with Crippen LogP contribution in [0, 0.1) is 0 Å². The van der Waals surface area contributed by atoms with Crippen molar-refractivity contribution in [2.75, 3.05) is 0 Å². The van der Waals surface area contributed by atoms with Crippen molar-refractivity contribution in [3.8, 4) is 11.3 Å². The van der Waals surface area contributed by atoms with Crippen LogP contribution in [-0.2, 0) is 10.5 Å². The normalized spacial score (nSPS) is 11.6. The Morgan fingerprint density at radius 3 is 2.50 bits per heavy atom. The van der Waals surface area contributed by atoms with Crippen molar-refractivity contribution in [2.24, 2.45) is 0 Å². The van der Waals surface area contributed by atoms with Gasteiger partial charge in [-0.2, -0.15) is 0 Å². The molecule has 0 bridgehead atoms. The zero-order valence-corrected chi connectivity index (χ0v) is 13.6. The number of aliphatic carboxylic acids is 1. The molecule has 3 nitrogen and oxygen atoms in total. The molecule has 0 aliphatic heterocycles. The van der Waals surface area contributed by atoms with E-state index in [1.165, 1.54) is 11.8 Å². The van der Waals surface area contributed by atoms with E-state index < -0.39 is 10.7 Å². The van der Waals surface area contributed by atoms with Gasteiger partial charge in [-0.1, -0.05) is 28.1 Å². The van der Waals surface area contributed by atoms with Gasteiger partial charge in [0.25, 0.3) is 0 Å². The second-order valence-electron chi connectivity index (χ2n) is 4.88. The number of furan rings is 1. The van der Waals surface area contributed by atoms with Gasteiger partial charge in [-0.25, -0.2) is 0 Å². The summed E-state index contributed by atoms with van der Waals surface area (Å²) in [7, 11) is 0. The van der Waals surface area contributed by atoms with Crippen molar-refractivity contribution >= 4 is 33.7 Å². The maximum absolute atomic E-state index is 11.0. The van der Waals surface area contributed by atoms with E-state index >= 15 is 0 Å². The van der Waals surface area contributed by atoms with Gasteiger partial charge in [0.15, 0.2) is 0 Å². The summed E-state index contributed by atoms with van der Waals surface area (Å²) in [5.74, 6) is 1.29. The Balaban J connectivity index is 2.06. The lowest BCUT2D eigenvalue weighted by molar-refractivity contribution is -0.138. The minimum Gasteiger partial charge on any atom is -0.480 e. The molecule has 0 fully saturated rings. The summed E-state index contributed by atoms with van der Waals surface area (Å²) in [6, 6.07) is 11.7. The molecule has 0 radical (unpaired) electrons. The number of benzene rings is 1. The van der Waals surface area contributed by atoms with Crippen LogP contribution in [0.15, 0.2) is 45.3 Å². The molecule has 0 spiro atoms. The number of rotatable bonds is 5. The molecular weight excluding hydrogens is 340 g/mol. The van der Waals surface area contributed by atoms with Crippen LogP contribution in [-0.4, -0.2) is 15.8 Å². The topological polar surface area (TPSA) is 50.4 Å². The van der Waals surface area contributed by atoms with Crippen LogP contribution in [0.4, 0.5) is 0 Å². The second kappa shape index (κ2) is 6.06. The highest BCUT2D eigenvalue weighted by atomic mass is 79.9. The van der Waals surface area contributed by atoms with Gasteiger partial charge in [0.05, 0.1) is 5.75 Å². The zero-order chi connectivity index (χ0) is 14.8. The van der Waals surface area contributed by atoms with Crippen LogP contribution in [0.25, 0.3) is 11.3 Å². The third-order valence-electron chi connectivity index (χ3n) is 2.88. The standard InChI is InChI=1S/C15H15BrO3S/c1-15(2,14(17)18)20-9-12-7-8-13(19-12)10-3-5-11(16)6-4-10/h3-8H,9H2,1-2H3,(H,17,18). The summed E-state index contributed by atoms with van der Waals surface area (Å²) >= 11 is 4.74. The van der Waals surface area contributed by atoms with Crippen LogP contribution in [0.3, 0.4) is 0 Å². The molecule has 0 aliphatic carbocycles. The number of hydrogen-bond acceptors (Lipinski definition) is 3. The fraction of sp³-hybridized carbons (Fsp3) is 0.267. The molecule has 1 aromatic heterocycles. The van der Waals surface area contributed by atoms with Gasteiger partial charge in [0.2, 0.25) is 0 Å². The molecule has 2 rings (SSSR count). The third-order valence-corrected chi connectivity index (χ3v) is 4.73. The van der Waals surface area contributed by atoms with E-state index in [9.17, 15) is 4.79 Å². The number of carboxylic acids is 1. The Morgan fingerprint density at radius 2 is 1.90 bits per heavy atom. The first-order chi connectivity index (χ1) is 9.38. The number of carboxylic acid groups (broad SMARTS) is 1. The summed E-state index contributed by atoms with van der Waals surface area (Å²) in [5.41, 5.74) is 1.00. The molecule has 0 saturated carbocycles. The minimum atomic E-state index is -0.817. The summed E-state index contributed by atoms with van der Waals surface area (Å²) in [6.07, 6.45) is 0. The maximum atomic E-state index is 11.0. The van der Waals surface area contributed by atoms with E-state index in [1.807, 2.05) is 36.4 Å². The average molecular weight is 355 g/mol. The summed E-state index contributed by atoms with van der Waals surface area (Å²) in [6.45, 7) is 3.39. The van der Waals surface area contributed by atoms with Crippen molar-refractivity contribution in [1.82, 2.24) is 0 Å². The molecule has 106 valence electrons. The highest BCUT2D eigenvalue weighted by Crippen LogP contribution is 2.31. The van der Waals surface area contributed by atoms with Crippen LogP contribution >= 0.6 is 27.7 Å². The largest absolute Gasteiger partial charge is 0.480 e. The van der Waals surface area contributed by atoms with Crippen molar-refractivity contribution < 1.29 is 14.3 Å². The smallest absolute Gasteiger partial charge is 0.319 e. The molecule has 0 amide bonds. The van der Waals surface area contributed by atoms with E-state index in [2.05, 4.69) is 15.9 Å². The van der Waals surface area contributed by atoms with Gasteiger partial charge in [0, 0.05) is 10.0 Å². The fourth-order valence-electron chi connectivity index (χ4n) is 1.54. The van der Waals surface area contributed by atoms with Crippen LogP contribution < -0.4 is 0 Å². The van der Waals surface area contributed by atoms with Gasteiger partial charge in [-0.15, -0.1) is 11.8 Å². The highest BCUT2D eigenvalue weighted by molar-refractivity contribution is 9.10. The highest BCUT2D eigenvalue weighted by Gasteiger charge is 2.27. The molecule has 0 saturated heterocycles. The fourth-order valence-corrected chi connectivity index (χ4v) is 2.58. The number of thioether (sulfide) groups is 1. The number of halogens is 1. The van der Waals surface area contributed by atoms with Gasteiger partial charge in [0.1, 0.15) is 16.3 Å². The van der Waals surface area contributed by atoms with Gasteiger partial charge in [-0.3, -0.25) is 4.79 Å². The first-order valence-electron chi connectivity index (χ1n) is 6.10. The van der Waals surface area contributed by atoms with Crippen LogP contribution in [0.2, 0.25) is 0 Å². The summed E-state index contributed by atoms with van der Waals surface area (Å²) in [4.78, 5) is 11.0. The summed E-state index contributed by atoms with van der Waals surface area (Å²) < 4.78 is 5.96. The number of carbonyl (C=O) groups is 1. The molecule has 1 N–H and O–H groups in total. The minimum absolute atomic E-state index is 0.538. The second-order valence-corrected chi connectivity index (χ2v) is 7.39. The predicted molar refractivity (Wildman–Crippen MR) is 84.9 cm³/mol. The molecule has 5 heteroatoms. The Hall–Kier alpha value is -1.20. The van der Waals surface area contributed by atoms with E-state index in [4.69, 9.17) is 9.52 Å². The molecule has 20 heavy (non-hydrogen) atoms. The van der Waals surface area contributed by atoms with Gasteiger partial charge >= 0.3 is 5.97 Å². The molecule has 1 aromatic carbocycles. The zero-order valence-electron chi connectivity index (χ0n) is 11.2. The Labute approximate surface area is 130 Å². The Morgan fingerprint density at radius 1 is 1.25 bits per heavy atom. The molecule has 0 unspecified atom stereocenters. The van der Waals surface area contributed by atoms with Gasteiger partial charge in [-0.05, 0) is 38.1 Å². The first-order valence-corrected chi connectivity index (χ1v) is 7.88. The maximum Gasteiger partial charge on any atom is 0.319 e. The quantitative estimate of drug-likeness (QED) is 0.837. The molecule has 2 aromatic rings. The SMILES string of the molecule is CC(C)(SCc1ccc(-c2ccc(Br)cc2)o1)C(=O)O. The lowest BCUT2D eigenvalue weighted by Gasteiger charge is -2.17. The van der Waals surface area contributed by atoms with Crippen molar-refractivity contribution in [2.45, 2.75) is 24.3 Å². The first kappa shape index (κ1) is 15.2. The Kier molecular flexibility index (Phi) is 4.60.